The van der Waals surface area contributed by atoms with Crippen molar-refractivity contribution < 1.29 is 9.90 Å². The van der Waals surface area contributed by atoms with Gasteiger partial charge in [-0.15, -0.1) is 11.6 Å². The quantitative estimate of drug-likeness (QED) is 0.246. The van der Waals surface area contributed by atoms with Crippen LogP contribution in [-0.4, -0.2) is 68.7 Å². The molecule has 8 unspecified atom stereocenters. The van der Waals surface area contributed by atoms with Crippen LogP contribution in [-0.2, 0) is 0 Å². The summed E-state index contributed by atoms with van der Waals surface area (Å²) in [5.41, 5.74) is 17.4. The van der Waals surface area contributed by atoms with E-state index in [4.69, 9.17) is 28.8 Å². The molecule has 5 aliphatic rings. The lowest BCUT2D eigenvalue weighted by Crippen LogP contribution is -2.73. The molecule has 10 N–H and O–H groups in total. The van der Waals surface area contributed by atoms with Gasteiger partial charge in [-0.1, -0.05) is 0 Å². The molecule has 1 saturated heterocycles. The van der Waals surface area contributed by atoms with E-state index in [0.717, 1.165) is 5.56 Å². The van der Waals surface area contributed by atoms with Crippen molar-refractivity contribution in [1.82, 2.24) is 20.5 Å². The summed E-state index contributed by atoms with van der Waals surface area (Å²) in [5.74, 6) is -0.446. The number of aromatic amines is 1. The van der Waals surface area contributed by atoms with Gasteiger partial charge in [0, 0.05) is 24.2 Å². The van der Waals surface area contributed by atoms with Crippen molar-refractivity contribution in [1.29, 1.82) is 0 Å². The highest BCUT2D eigenvalue weighted by atomic mass is 35.5. The summed E-state index contributed by atoms with van der Waals surface area (Å²) in [6.45, 7) is 0.713. The maximum absolute atomic E-state index is 13.4. The number of fused-ring (bicyclic) bond motifs is 4. The molecule has 5 heterocycles. The third-order valence-electron chi connectivity index (χ3n) is 7.49. The molecule has 4 aliphatic heterocycles. The number of aliphatic hydroxyl groups is 1. The van der Waals surface area contributed by atoms with Gasteiger partial charge in [0.05, 0.1) is 5.38 Å². The fourth-order valence-electron chi connectivity index (χ4n) is 6.60. The molecular weight excluding hydrogens is 398 g/mol. The van der Waals surface area contributed by atoms with Crippen molar-refractivity contribution in [3.8, 4) is 0 Å². The van der Waals surface area contributed by atoms with Crippen molar-refractivity contribution in [3.63, 3.8) is 0 Å². The third-order valence-corrected chi connectivity index (χ3v) is 8.18. The van der Waals surface area contributed by atoms with Crippen LogP contribution in [0.25, 0.3) is 0 Å². The molecule has 1 aliphatic carbocycles. The maximum Gasteiger partial charge on any atom is 0.272 e. The summed E-state index contributed by atoms with van der Waals surface area (Å²) in [6.07, 6.45) is 0.539. The van der Waals surface area contributed by atoms with Gasteiger partial charge in [-0.3, -0.25) is 4.79 Å². The molecule has 154 valence electrons. The van der Waals surface area contributed by atoms with Crippen molar-refractivity contribution in [2.24, 2.45) is 44.9 Å². The Morgan fingerprint density at radius 3 is 2.76 bits per heavy atom. The molecule has 0 aromatic carbocycles. The van der Waals surface area contributed by atoms with Gasteiger partial charge in [-0.25, -0.2) is 9.98 Å². The molecule has 0 bridgehead atoms. The van der Waals surface area contributed by atoms with Crippen LogP contribution in [0.15, 0.2) is 22.2 Å². The molecule has 0 radical (unpaired) electrons. The van der Waals surface area contributed by atoms with Crippen molar-refractivity contribution in [2.75, 3.05) is 13.1 Å². The van der Waals surface area contributed by atoms with Crippen LogP contribution in [0.1, 0.15) is 22.1 Å². The van der Waals surface area contributed by atoms with Crippen molar-refractivity contribution in [3.05, 3.63) is 23.5 Å². The van der Waals surface area contributed by atoms with E-state index in [1.807, 2.05) is 6.07 Å². The molecule has 11 nitrogen and oxygen atoms in total. The second-order valence-electron chi connectivity index (χ2n) is 8.48. The Morgan fingerprint density at radius 2 is 2.07 bits per heavy atom. The van der Waals surface area contributed by atoms with E-state index in [1.54, 1.807) is 11.1 Å². The largest absolute Gasteiger partial charge is 0.370 e. The van der Waals surface area contributed by atoms with E-state index in [9.17, 15) is 9.90 Å². The van der Waals surface area contributed by atoms with Gasteiger partial charge in [0.15, 0.2) is 18.1 Å². The molecule has 2 fully saturated rings. The van der Waals surface area contributed by atoms with Crippen LogP contribution in [0.3, 0.4) is 0 Å². The predicted molar refractivity (Wildman–Crippen MR) is 105 cm³/mol. The van der Waals surface area contributed by atoms with Crippen molar-refractivity contribution >= 4 is 29.4 Å². The van der Waals surface area contributed by atoms with Gasteiger partial charge in [0.2, 0.25) is 0 Å². The Hall–Kier alpha value is -2.50. The number of amides is 1. The molecule has 12 heteroatoms. The number of aliphatic imine (C=N–C) groups is 2. The zero-order valence-corrected chi connectivity index (χ0v) is 16.1. The number of carbonyl (C=O) groups excluding carboxylic acids is 1. The number of guanidine groups is 2. The molecule has 1 aromatic rings. The number of H-pyrrole nitrogens is 1. The van der Waals surface area contributed by atoms with E-state index < -0.39 is 28.8 Å². The number of hydrogen-bond acceptors (Lipinski definition) is 9. The Balaban J connectivity index is 1.60. The van der Waals surface area contributed by atoms with Gasteiger partial charge in [-0.2, -0.15) is 0 Å². The average molecular weight is 420 g/mol. The summed E-state index contributed by atoms with van der Waals surface area (Å²) < 4.78 is 0. The lowest BCUT2D eigenvalue weighted by molar-refractivity contribution is -0.0123. The molecule has 1 saturated carbocycles. The molecule has 2 spiro atoms. The normalized spacial score (nSPS) is 46.6. The summed E-state index contributed by atoms with van der Waals surface area (Å²) in [4.78, 5) is 27.0. The standard InChI is InChI=1S/C17H22ClN9O2/c18-10-6(3-19)7-4-27-12(28)8-5(1-2-22-8)11-17(27,26-14(20)23-11)9(7)16(10)13(29)24-15(21)25-16/h1-2,6-7,9-11,13,22,29H,3-4,19H2,(H3,20,23,26)(H3,21,24,25). The van der Waals surface area contributed by atoms with Crippen LogP contribution < -0.4 is 27.8 Å². The second-order valence-corrected chi connectivity index (χ2v) is 8.95. The third kappa shape index (κ3) is 1.68. The highest BCUT2D eigenvalue weighted by Crippen LogP contribution is 2.64. The highest BCUT2D eigenvalue weighted by Gasteiger charge is 2.78. The van der Waals surface area contributed by atoms with Gasteiger partial charge >= 0.3 is 0 Å². The Bertz CT molecular complexity index is 993. The first-order chi connectivity index (χ1) is 13.9. The minimum Gasteiger partial charge on any atom is -0.370 e. The van der Waals surface area contributed by atoms with Crippen LogP contribution in [0.4, 0.5) is 0 Å². The molecule has 6 rings (SSSR count). The van der Waals surface area contributed by atoms with Crippen LogP contribution >= 0.6 is 11.6 Å². The van der Waals surface area contributed by atoms with Gasteiger partial charge < -0.3 is 42.8 Å². The predicted octanol–water partition coefficient (Wildman–Crippen LogP) is -2.46. The highest BCUT2D eigenvalue weighted by molar-refractivity contribution is 6.22. The molecule has 1 amide bonds. The van der Waals surface area contributed by atoms with E-state index in [1.165, 1.54) is 0 Å². The fraction of sp³-hybridized carbons (Fsp3) is 0.588. The molecular formula is C17H22ClN9O2. The van der Waals surface area contributed by atoms with Crippen LogP contribution in [0.2, 0.25) is 0 Å². The van der Waals surface area contributed by atoms with Crippen LogP contribution in [0, 0.1) is 17.8 Å². The Kier molecular flexibility index (Phi) is 3.09. The maximum atomic E-state index is 13.4. The second kappa shape index (κ2) is 5.15. The summed E-state index contributed by atoms with van der Waals surface area (Å²) in [5, 5.41) is 16.9. The van der Waals surface area contributed by atoms with E-state index in [0.29, 0.717) is 18.8 Å². The minimum atomic E-state index is -1.18. The fourth-order valence-corrected chi connectivity index (χ4v) is 7.19. The van der Waals surface area contributed by atoms with Crippen LogP contribution in [0.5, 0.6) is 0 Å². The molecule has 29 heavy (non-hydrogen) atoms. The number of carbonyl (C=O) groups is 1. The lowest BCUT2D eigenvalue weighted by atomic mass is 9.70. The topological polar surface area (TPSA) is 183 Å². The smallest absolute Gasteiger partial charge is 0.272 e. The lowest BCUT2D eigenvalue weighted by Gasteiger charge is -2.51. The summed E-state index contributed by atoms with van der Waals surface area (Å²) >= 11 is 6.94. The van der Waals surface area contributed by atoms with Crippen molar-refractivity contribution in [2.45, 2.75) is 28.8 Å². The average Bonchev–Trinajstić information content (AvgIpc) is 3.42. The number of halogens is 1. The first-order valence-corrected chi connectivity index (χ1v) is 10.0. The summed E-state index contributed by atoms with van der Waals surface area (Å²) in [6, 6.07) is 1.39. The van der Waals surface area contributed by atoms with Gasteiger partial charge in [0.1, 0.15) is 22.9 Å². The number of aliphatic hydroxyl groups excluding tert-OH is 1. The summed E-state index contributed by atoms with van der Waals surface area (Å²) in [7, 11) is 0. The first kappa shape index (κ1) is 17.4. The number of alkyl halides is 1. The number of hydrogen-bond donors (Lipinski definition) is 7. The monoisotopic (exact) mass is 419 g/mol. The van der Waals surface area contributed by atoms with E-state index >= 15 is 0 Å². The number of aromatic nitrogens is 1. The first-order valence-electron chi connectivity index (χ1n) is 9.60. The Morgan fingerprint density at radius 1 is 1.31 bits per heavy atom. The molecule has 8 atom stereocenters. The van der Waals surface area contributed by atoms with Gasteiger partial charge in [-0.05, 0) is 24.4 Å². The number of nitrogens with one attached hydrogen (secondary N) is 3. The molecule has 1 aromatic heterocycles. The zero-order chi connectivity index (χ0) is 20.3. The Labute approximate surface area is 170 Å². The zero-order valence-electron chi connectivity index (χ0n) is 15.3. The number of nitrogens with two attached hydrogens (primary N) is 3. The number of nitrogens with zero attached hydrogens (tertiary/aromatic N) is 3. The minimum absolute atomic E-state index is 0.102. The number of rotatable bonds is 1. The van der Waals surface area contributed by atoms with E-state index in [2.05, 4.69) is 25.6 Å². The van der Waals surface area contributed by atoms with Gasteiger partial charge in [0.25, 0.3) is 5.91 Å². The van der Waals surface area contributed by atoms with E-state index in [-0.39, 0.29) is 35.6 Å². The SMILES string of the molecule is NCC1C2CN3C(=O)c4[nH]ccc4C4N=C(N)NC43C2C2(NC(N)=NC2O)C1Cl.